The van der Waals surface area contributed by atoms with E-state index in [1.54, 1.807) is 12.1 Å². The zero-order chi connectivity index (χ0) is 27.7. The van der Waals surface area contributed by atoms with Gasteiger partial charge in [0.25, 0.3) is 0 Å². The molecule has 0 saturated heterocycles. The fourth-order valence-electron chi connectivity index (χ4n) is 4.73. The summed E-state index contributed by atoms with van der Waals surface area (Å²) in [7, 11) is 1.65. The Morgan fingerprint density at radius 2 is 1.49 bits per heavy atom. The molecule has 0 fully saturated rings. The number of allylic oxidation sites excluding steroid dienone is 1. The highest BCUT2D eigenvalue weighted by molar-refractivity contribution is 6.17. The number of carbonyl (C=O) groups is 1. The summed E-state index contributed by atoms with van der Waals surface area (Å²) in [5.74, 6) is 0.804. The third kappa shape index (κ3) is 7.23. The SMILES string of the molecule is COc1ccc(/C=C/C2=NN(CCCCN)C(=O)N(Cc3ccc(-c4ccccc4)cc3)c3ccccc32)cc1.Cl. The zero-order valence-corrected chi connectivity index (χ0v) is 24.0. The van der Waals surface area contributed by atoms with Crippen molar-refractivity contribution in [3.8, 4) is 16.9 Å². The van der Waals surface area contributed by atoms with E-state index >= 15 is 0 Å². The van der Waals surface area contributed by atoms with Crippen LogP contribution in [0.5, 0.6) is 5.75 Å². The van der Waals surface area contributed by atoms with Crippen molar-refractivity contribution in [3.63, 3.8) is 0 Å². The van der Waals surface area contributed by atoms with E-state index in [-0.39, 0.29) is 18.4 Å². The Morgan fingerprint density at radius 3 is 2.20 bits per heavy atom. The highest BCUT2D eigenvalue weighted by Gasteiger charge is 2.29. The Morgan fingerprint density at radius 1 is 0.805 bits per heavy atom. The maximum atomic E-state index is 14.0. The average Bonchev–Trinajstić information content (AvgIpc) is 3.12. The van der Waals surface area contributed by atoms with Gasteiger partial charge in [-0.2, -0.15) is 5.10 Å². The van der Waals surface area contributed by atoms with Gasteiger partial charge in [0.15, 0.2) is 0 Å². The van der Waals surface area contributed by atoms with Gasteiger partial charge in [0.1, 0.15) is 5.75 Å². The molecule has 0 aromatic heterocycles. The summed E-state index contributed by atoms with van der Waals surface area (Å²) >= 11 is 0. The van der Waals surface area contributed by atoms with Crippen LogP contribution in [0.1, 0.15) is 29.5 Å². The monoisotopic (exact) mass is 566 g/mol. The zero-order valence-electron chi connectivity index (χ0n) is 23.1. The van der Waals surface area contributed by atoms with Gasteiger partial charge in [-0.15, -0.1) is 12.4 Å². The van der Waals surface area contributed by atoms with Crippen LogP contribution in [-0.2, 0) is 6.54 Å². The number of amides is 2. The average molecular weight is 567 g/mol. The number of anilines is 1. The number of hydrazone groups is 1. The molecule has 0 spiro atoms. The third-order valence-electron chi connectivity index (χ3n) is 6.93. The van der Waals surface area contributed by atoms with E-state index < -0.39 is 0 Å². The Balaban J connectivity index is 0.00000387. The molecule has 0 aliphatic carbocycles. The molecular weight excluding hydrogens is 532 g/mol. The molecule has 210 valence electrons. The number of nitrogens with two attached hydrogens (primary N) is 1. The minimum atomic E-state index is -0.149. The second-order valence-corrected chi connectivity index (χ2v) is 9.66. The lowest BCUT2D eigenvalue weighted by Gasteiger charge is -2.26. The Hall–Kier alpha value is -4.39. The van der Waals surface area contributed by atoms with E-state index in [0.29, 0.717) is 19.6 Å². The third-order valence-corrected chi connectivity index (χ3v) is 6.93. The lowest BCUT2D eigenvalue weighted by Crippen LogP contribution is -2.40. The van der Waals surface area contributed by atoms with Crippen LogP contribution in [-0.4, -0.2) is 37.0 Å². The standard InChI is InChI=1S/C34H34N4O2.ClH/c1-40-30-20-15-26(16-21-30)17-22-32-31-11-5-6-12-33(31)37(34(39)38(36-32)24-8-7-23-35)25-27-13-18-29(19-14-27)28-9-3-2-4-10-28;/h2-6,9-22H,7-8,23-25,35H2,1H3;1H/b22-17+;. The van der Waals surface area contributed by atoms with Crippen molar-refractivity contribution >= 4 is 35.9 Å². The summed E-state index contributed by atoms with van der Waals surface area (Å²) in [6.07, 6.45) is 5.58. The molecule has 0 saturated carbocycles. The summed E-state index contributed by atoms with van der Waals surface area (Å²) in [6.45, 7) is 1.50. The maximum Gasteiger partial charge on any atom is 0.345 e. The van der Waals surface area contributed by atoms with Gasteiger partial charge in [-0.1, -0.05) is 91.0 Å². The van der Waals surface area contributed by atoms with Gasteiger partial charge in [0.05, 0.1) is 25.1 Å². The summed E-state index contributed by atoms with van der Waals surface area (Å²) in [4.78, 5) is 15.8. The highest BCUT2D eigenvalue weighted by atomic mass is 35.5. The fraction of sp³-hybridized carbons (Fsp3) is 0.176. The maximum absolute atomic E-state index is 14.0. The topological polar surface area (TPSA) is 71.2 Å². The molecule has 0 radical (unpaired) electrons. The molecule has 1 aliphatic rings. The summed E-state index contributed by atoms with van der Waals surface area (Å²) < 4.78 is 5.28. The highest BCUT2D eigenvalue weighted by Crippen LogP contribution is 2.29. The molecule has 1 aliphatic heterocycles. The van der Waals surface area contributed by atoms with Crippen LogP contribution >= 0.6 is 12.4 Å². The van der Waals surface area contributed by atoms with Crippen molar-refractivity contribution in [2.75, 3.05) is 25.1 Å². The Bertz CT molecular complexity index is 1490. The molecule has 2 N–H and O–H groups in total. The molecule has 0 unspecified atom stereocenters. The van der Waals surface area contributed by atoms with Crippen LogP contribution in [0.4, 0.5) is 10.5 Å². The largest absolute Gasteiger partial charge is 0.497 e. The number of rotatable bonds is 10. The predicted molar refractivity (Wildman–Crippen MR) is 171 cm³/mol. The van der Waals surface area contributed by atoms with Gasteiger partial charge in [0, 0.05) is 12.1 Å². The van der Waals surface area contributed by atoms with E-state index in [0.717, 1.165) is 57.8 Å². The van der Waals surface area contributed by atoms with Gasteiger partial charge in [-0.3, -0.25) is 4.90 Å². The van der Waals surface area contributed by atoms with Crippen LogP contribution in [0.3, 0.4) is 0 Å². The fourth-order valence-corrected chi connectivity index (χ4v) is 4.73. The molecule has 6 nitrogen and oxygen atoms in total. The van der Waals surface area contributed by atoms with Crippen molar-refractivity contribution in [2.24, 2.45) is 10.8 Å². The minimum Gasteiger partial charge on any atom is -0.497 e. The number of carbonyl (C=O) groups excluding carboxylic acids is 1. The van der Waals surface area contributed by atoms with Crippen LogP contribution in [0, 0.1) is 0 Å². The number of urea groups is 1. The van der Waals surface area contributed by atoms with Crippen LogP contribution in [0.2, 0.25) is 0 Å². The van der Waals surface area contributed by atoms with Crippen LogP contribution in [0.25, 0.3) is 17.2 Å². The van der Waals surface area contributed by atoms with Gasteiger partial charge in [0.2, 0.25) is 0 Å². The molecule has 4 aromatic carbocycles. The van der Waals surface area contributed by atoms with Crippen LogP contribution < -0.4 is 15.4 Å². The first-order chi connectivity index (χ1) is 19.7. The number of para-hydroxylation sites is 1. The number of unbranched alkanes of at least 4 members (excludes halogenated alkanes) is 1. The first kappa shape index (κ1) is 29.6. The number of nitrogens with zero attached hydrogens (tertiary/aromatic N) is 3. The first-order valence-electron chi connectivity index (χ1n) is 13.6. The summed E-state index contributed by atoms with van der Waals surface area (Å²) in [6, 6.07) is 34.3. The second kappa shape index (κ2) is 14.3. The quantitative estimate of drug-likeness (QED) is 0.203. The van der Waals surface area contributed by atoms with E-state index in [9.17, 15) is 4.79 Å². The van der Waals surface area contributed by atoms with Crippen molar-refractivity contribution in [1.82, 2.24) is 5.01 Å². The van der Waals surface area contributed by atoms with Crippen molar-refractivity contribution in [3.05, 3.63) is 126 Å². The molecule has 5 rings (SSSR count). The molecule has 4 aromatic rings. The molecule has 2 amide bonds. The normalized spacial score (nSPS) is 12.9. The number of hydrogen-bond donors (Lipinski definition) is 1. The Labute approximate surface area is 248 Å². The number of ether oxygens (including phenoxy) is 1. The van der Waals surface area contributed by atoms with Crippen molar-refractivity contribution in [1.29, 1.82) is 0 Å². The van der Waals surface area contributed by atoms with E-state index in [1.807, 2.05) is 83.8 Å². The van der Waals surface area contributed by atoms with Gasteiger partial charge < -0.3 is 10.5 Å². The van der Waals surface area contributed by atoms with Crippen LogP contribution in [0.15, 0.2) is 114 Å². The molecule has 7 heteroatoms. The van der Waals surface area contributed by atoms with Gasteiger partial charge in [-0.05, 0) is 65.9 Å². The molecule has 41 heavy (non-hydrogen) atoms. The van der Waals surface area contributed by atoms with E-state index in [2.05, 4.69) is 36.4 Å². The lowest BCUT2D eigenvalue weighted by molar-refractivity contribution is 0.206. The number of fused-ring (bicyclic) bond motifs is 1. The van der Waals surface area contributed by atoms with Crippen molar-refractivity contribution < 1.29 is 9.53 Å². The molecule has 1 heterocycles. The number of hydrogen-bond acceptors (Lipinski definition) is 4. The lowest BCUT2D eigenvalue weighted by atomic mass is 10.0. The number of benzene rings is 4. The van der Waals surface area contributed by atoms with E-state index in [4.69, 9.17) is 15.6 Å². The van der Waals surface area contributed by atoms with Gasteiger partial charge in [-0.25, -0.2) is 9.80 Å². The van der Waals surface area contributed by atoms with Gasteiger partial charge >= 0.3 is 6.03 Å². The smallest absolute Gasteiger partial charge is 0.345 e. The number of methoxy groups -OCH3 is 1. The van der Waals surface area contributed by atoms with E-state index in [1.165, 1.54) is 0 Å². The molecule has 0 atom stereocenters. The predicted octanol–water partition coefficient (Wildman–Crippen LogP) is 7.38. The second-order valence-electron chi connectivity index (χ2n) is 9.66. The molecule has 0 bridgehead atoms. The number of halogens is 1. The Kier molecular flexibility index (Phi) is 10.3. The summed E-state index contributed by atoms with van der Waals surface area (Å²) in [5.41, 5.74) is 12.6. The molecular formula is C34H35ClN4O2. The first-order valence-corrected chi connectivity index (χ1v) is 13.6. The summed E-state index contributed by atoms with van der Waals surface area (Å²) in [5, 5.41) is 6.46. The van der Waals surface area contributed by atoms with Crippen molar-refractivity contribution in [2.45, 2.75) is 19.4 Å². The minimum absolute atomic E-state index is 0.